The first kappa shape index (κ1) is 32.5. The van der Waals surface area contributed by atoms with E-state index in [1.165, 1.54) is 60.6 Å². The summed E-state index contributed by atoms with van der Waals surface area (Å²) in [5.74, 6) is 0.489. The Morgan fingerprint density at radius 3 is 2.20 bits per heavy atom. The highest BCUT2D eigenvalue weighted by Gasteiger charge is 2.26. The number of nitrogens with one attached hydrogen (secondary N) is 1. The van der Waals surface area contributed by atoms with E-state index in [1.807, 2.05) is 6.07 Å². The molecule has 8 aromatic rings. The Bertz CT molecular complexity index is 3060. The second-order valence-corrected chi connectivity index (χ2v) is 15.2. The molecule has 1 N–H and O–H groups in total. The van der Waals surface area contributed by atoms with E-state index in [2.05, 4.69) is 193 Å². The van der Waals surface area contributed by atoms with Crippen LogP contribution in [-0.4, -0.2) is 0 Å². The summed E-state index contributed by atoms with van der Waals surface area (Å²) in [5.41, 5.74) is 14.1. The van der Waals surface area contributed by atoms with Crippen LogP contribution < -0.4 is 5.32 Å². The van der Waals surface area contributed by atoms with Crippen LogP contribution in [0.3, 0.4) is 0 Å². The van der Waals surface area contributed by atoms with Gasteiger partial charge in [-0.3, -0.25) is 0 Å². The fourth-order valence-electron chi connectivity index (χ4n) is 9.25. The van der Waals surface area contributed by atoms with Gasteiger partial charge in [-0.1, -0.05) is 176 Å². The lowest BCUT2D eigenvalue weighted by Gasteiger charge is -2.29. The molecular weight excluding hydrogens is 679 g/mol. The molecule has 0 spiro atoms. The van der Waals surface area contributed by atoms with Gasteiger partial charge in [-0.2, -0.15) is 0 Å². The highest BCUT2D eigenvalue weighted by molar-refractivity contribution is 6.10. The average molecular weight is 718 g/mol. The molecule has 0 fully saturated rings. The van der Waals surface area contributed by atoms with Crippen LogP contribution in [0.15, 0.2) is 210 Å². The van der Waals surface area contributed by atoms with Crippen molar-refractivity contribution in [2.24, 2.45) is 5.92 Å². The van der Waals surface area contributed by atoms with Crippen LogP contribution in [0.4, 0.5) is 5.69 Å². The minimum Gasteiger partial charge on any atom is -0.455 e. The third-order valence-electron chi connectivity index (χ3n) is 11.9. The Morgan fingerprint density at radius 1 is 0.536 bits per heavy atom. The summed E-state index contributed by atoms with van der Waals surface area (Å²) >= 11 is 0. The number of furan rings is 1. The molecule has 56 heavy (non-hydrogen) atoms. The van der Waals surface area contributed by atoms with Crippen molar-refractivity contribution in [1.29, 1.82) is 0 Å². The van der Waals surface area contributed by atoms with Gasteiger partial charge in [0, 0.05) is 50.5 Å². The van der Waals surface area contributed by atoms with Crippen LogP contribution in [0.1, 0.15) is 29.9 Å². The van der Waals surface area contributed by atoms with Crippen molar-refractivity contribution >= 4 is 54.7 Å². The number of benzene rings is 7. The maximum absolute atomic E-state index is 6.62. The van der Waals surface area contributed by atoms with Crippen molar-refractivity contribution < 1.29 is 4.42 Å². The number of allylic oxidation sites excluding steroid dienone is 12. The molecule has 0 amide bonds. The van der Waals surface area contributed by atoms with E-state index in [4.69, 9.17) is 4.42 Å². The molecule has 7 aromatic carbocycles. The predicted octanol–water partition coefficient (Wildman–Crippen LogP) is 14.7. The number of para-hydroxylation sites is 2. The number of hydrogen-bond donors (Lipinski definition) is 1. The lowest BCUT2D eigenvalue weighted by atomic mass is 9.75. The second-order valence-electron chi connectivity index (χ2n) is 15.2. The van der Waals surface area contributed by atoms with Gasteiger partial charge in [0.15, 0.2) is 0 Å². The molecule has 2 heteroatoms. The summed E-state index contributed by atoms with van der Waals surface area (Å²) in [4.78, 5) is 0. The van der Waals surface area contributed by atoms with Crippen molar-refractivity contribution in [3.05, 3.63) is 217 Å². The highest BCUT2D eigenvalue weighted by atomic mass is 16.3. The van der Waals surface area contributed by atoms with Crippen molar-refractivity contribution in [2.45, 2.75) is 18.8 Å². The molecule has 0 bridgehead atoms. The fraction of sp³-hybridized carbons (Fsp3) is 0.0741. The first-order valence-electron chi connectivity index (χ1n) is 19.7. The fourth-order valence-corrected chi connectivity index (χ4v) is 9.25. The van der Waals surface area contributed by atoms with E-state index in [0.29, 0.717) is 0 Å². The largest absolute Gasteiger partial charge is 0.455 e. The van der Waals surface area contributed by atoms with Gasteiger partial charge in [-0.05, 0) is 80.6 Å². The molecule has 0 aliphatic heterocycles. The lowest BCUT2D eigenvalue weighted by molar-refractivity contribution is 0.668. The topological polar surface area (TPSA) is 25.2 Å². The summed E-state index contributed by atoms with van der Waals surface area (Å²) in [6.45, 7) is 0. The van der Waals surface area contributed by atoms with Crippen LogP contribution in [0.5, 0.6) is 0 Å². The lowest BCUT2D eigenvalue weighted by Crippen LogP contribution is -2.15. The highest BCUT2D eigenvalue weighted by Crippen LogP contribution is 2.44. The molecule has 1 heterocycles. The Labute approximate surface area is 326 Å². The zero-order valence-electron chi connectivity index (χ0n) is 31.0. The number of fused-ring (bicyclic) bond motifs is 6. The third kappa shape index (κ3) is 5.48. The zero-order valence-corrected chi connectivity index (χ0v) is 31.0. The molecule has 1 aromatic heterocycles. The number of rotatable bonds is 6. The Morgan fingerprint density at radius 2 is 1.27 bits per heavy atom. The van der Waals surface area contributed by atoms with Gasteiger partial charge in [0.25, 0.3) is 0 Å². The number of anilines is 1. The van der Waals surface area contributed by atoms with Crippen LogP contribution in [0, 0.1) is 5.92 Å². The maximum atomic E-state index is 6.62. The zero-order chi connectivity index (χ0) is 37.0. The standard InChI is InChI=1S/C54H39NO/c1-3-18-40-35(14-1)16-11-24-42(40)37-32-38(34-39(33-37)44-25-13-27-50-49-23-8-10-29-53(49)56-54(44)50)43-30-31-52(48-21-6-5-20-45(43)48)55-51-28-9-7-22-47(51)46-26-12-17-36-15-2-4-19-41(36)46/h1-8,10-27,29-34,40,42,55H,9,28H2. The van der Waals surface area contributed by atoms with Gasteiger partial charge in [-0.25, -0.2) is 0 Å². The van der Waals surface area contributed by atoms with Gasteiger partial charge < -0.3 is 9.73 Å². The van der Waals surface area contributed by atoms with Crippen LogP contribution in [-0.2, 0) is 0 Å². The molecule has 0 saturated heterocycles. The average Bonchev–Trinajstić information content (AvgIpc) is 3.65. The van der Waals surface area contributed by atoms with Crippen LogP contribution in [0.25, 0.3) is 71.3 Å². The summed E-state index contributed by atoms with van der Waals surface area (Å²) < 4.78 is 6.62. The van der Waals surface area contributed by atoms with Gasteiger partial charge in [0.2, 0.25) is 0 Å². The molecule has 2 unspecified atom stereocenters. The number of hydrogen-bond acceptors (Lipinski definition) is 2. The smallest absolute Gasteiger partial charge is 0.143 e. The Kier molecular flexibility index (Phi) is 7.81. The second kappa shape index (κ2) is 13.4. The van der Waals surface area contributed by atoms with Crippen LogP contribution in [0.2, 0.25) is 0 Å². The van der Waals surface area contributed by atoms with Gasteiger partial charge >= 0.3 is 0 Å². The minimum atomic E-state index is 0.204. The van der Waals surface area contributed by atoms with Gasteiger partial charge in [0.05, 0.1) is 0 Å². The molecule has 3 aliphatic carbocycles. The molecule has 3 aliphatic rings. The first-order chi connectivity index (χ1) is 27.8. The molecular formula is C54H39NO. The summed E-state index contributed by atoms with van der Waals surface area (Å²) in [6, 6.07) is 50.9. The Balaban J connectivity index is 1.07. The van der Waals surface area contributed by atoms with Gasteiger partial charge in [0.1, 0.15) is 11.2 Å². The van der Waals surface area contributed by atoms with E-state index >= 15 is 0 Å². The molecule has 0 radical (unpaired) electrons. The first-order valence-corrected chi connectivity index (χ1v) is 19.7. The normalized spacial score (nSPS) is 17.6. The quantitative estimate of drug-likeness (QED) is 0.185. The minimum absolute atomic E-state index is 0.204. The molecule has 2 atom stereocenters. The summed E-state index contributed by atoms with van der Waals surface area (Å²) in [7, 11) is 0. The van der Waals surface area contributed by atoms with Crippen molar-refractivity contribution in [3.63, 3.8) is 0 Å². The van der Waals surface area contributed by atoms with Gasteiger partial charge in [-0.15, -0.1) is 0 Å². The summed E-state index contributed by atoms with van der Waals surface area (Å²) in [6.07, 6.45) is 22.4. The predicted molar refractivity (Wildman–Crippen MR) is 237 cm³/mol. The van der Waals surface area contributed by atoms with E-state index in [9.17, 15) is 0 Å². The molecule has 0 saturated carbocycles. The van der Waals surface area contributed by atoms with E-state index in [-0.39, 0.29) is 11.8 Å². The van der Waals surface area contributed by atoms with Crippen molar-refractivity contribution in [3.8, 4) is 22.3 Å². The third-order valence-corrected chi connectivity index (χ3v) is 11.9. The Hall–Kier alpha value is -6.90. The molecule has 11 rings (SSSR count). The SMILES string of the molecule is C1=CC2=CC=CC(c3cc(-c4ccc(NC5=C(c6cccc7ccccc67)C=CCC5)c5ccccc45)cc(-c4cccc5c4oc4ccccc45)c3)C2C=C1. The monoisotopic (exact) mass is 717 g/mol. The molecule has 2 nitrogen and oxygen atoms in total. The molecule has 266 valence electrons. The van der Waals surface area contributed by atoms with E-state index < -0.39 is 0 Å². The maximum Gasteiger partial charge on any atom is 0.143 e. The van der Waals surface area contributed by atoms with Crippen molar-refractivity contribution in [1.82, 2.24) is 0 Å². The van der Waals surface area contributed by atoms with E-state index in [0.717, 1.165) is 51.6 Å². The van der Waals surface area contributed by atoms with Crippen molar-refractivity contribution in [2.75, 3.05) is 5.32 Å². The van der Waals surface area contributed by atoms with E-state index in [1.54, 1.807) is 0 Å². The van der Waals surface area contributed by atoms with Crippen LogP contribution >= 0.6 is 0 Å². The summed E-state index contributed by atoms with van der Waals surface area (Å²) in [5, 5.41) is 11.2.